The Bertz CT molecular complexity index is 1360. The summed E-state index contributed by atoms with van der Waals surface area (Å²) >= 11 is 9.46. The van der Waals surface area contributed by atoms with E-state index < -0.39 is 5.91 Å². The zero-order valence-corrected chi connectivity index (χ0v) is 21.8. The molecule has 1 aliphatic carbocycles. The van der Waals surface area contributed by atoms with Gasteiger partial charge in [0.05, 0.1) is 26.1 Å². The highest BCUT2D eigenvalue weighted by Gasteiger charge is 2.25. The average molecular weight is 570 g/mol. The number of aromatic nitrogens is 4. The minimum atomic E-state index is -0.405. The van der Waals surface area contributed by atoms with Crippen LogP contribution in [0.15, 0.2) is 53.0 Å². The van der Waals surface area contributed by atoms with Gasteiger partial charge in [-0.1, -0.05) is 35.9 Å². The molecule has 4 N–H and O–H groups in total. The molecule has 2 aromatic carbocycles. The maximum Gasteiger partial charge on any atom is 0.270 e. The van der Waals surface area contributed by atoms with E-state index in [1.807, 2.05) is 18.2 Å². The summed E-state index contributed by atoms with van der Waals surface area (Å²) in [5, 5.41) is 12.7. The molecule has 0 aliphatic heterocycles. The van der Waals surface area contributed by atoms with Crippen LogP contribution in [0.3, 0.4) is 0 Å². The highest BCUT2D eigenvalue weighted by molar-refractivity contribution is 9.10. The number of nitrogens with one attached hydrogen (secondary N) is 4. The molecule has 0 unspecified atom stereocenters. The number of imidazole rings is 1. The largest absolute Gasteiger partial charge is 0.351 e. The van der Waals surface area contributed by atoms with Crippen molar-refractivity contribution < 1.29 is 9.59 Å². The number of carbonyl (C=O) groups is 2. The fourth-order valence-electron chi connectivity index (χ4n) is 4.75. The molecular weight excluding hydrogens is 544 g/mol. The number of carbonyl (C=O) groups excluding carboxylic acids is 2. The fourth-order valence-corrected chi connectivity index (χ4v) is 5.43. The SMILES string of the molecule is O=C(Nc1n[nH]c(C(=O)NCCC2CCC(c3nc4ccccc4[nH]3)CC2)c1Br)c1ccccc1Cl. The van der Waals surface area contributed by atoms with Crippen molar-refractivity contribution in [3.63, 3.8) is 0 Å². The second-order valence-electron chi connectivity index (χ2n) is 9.10. The van der Waals surface area contributed by atoms with Crippen molar-refractivity contribution in [2.24, 2.45) is 5.92 Å². The second-order valence-corrected chi connectivity index (χ2v) is 10.3. The van der Waals surface area contributed by atoms with E-state index >= 15 is 0 Å². The van der Waals surface area contributed by atoms with Gasteiger partial charge in [0.2, 0.25) is 0 Å². The lowest BCUT2D eigenvalue weighted by Crippen LogP contribution is -2.27. The van der Waals surface area contributed by atoms with Crippen LogP contribution < -0.4 is 10.6 Å². The van der Waals surface area contributed by atoms with Gasteiger partial charge in [0.15, 0.2) is 5.82 Å². The Morgan fingerprint density at radius 2 is 1.78 bits per heavy atom. The molecule has 36 heavy (non-hydrogen) atoms. The minimum absolute atomic E-state index is 0.231. The third-order valence-electron chi connectivity index (χ3n) is 6.76. The number of hydrogen-bond donors (Lipinski definition) is 4. The standard InChI is InChI=1S/C26H26BrClN6O2/c27-21-22(33-34-24(21)32-25(35)17-5-1-2-6-18(17)28)26(36)29-14-13-15-9-11-16(12-10-15)23-30-19-7-3-4-8-20(19)31-23/h1-8,15-16H,9-14H2,(H,29,36)(H,30,31)(H2,32,33,34,35). The Labute approximate surface area is 221 Å². The smallest absolute Gasteiger partial charge is 0.270 e. The first-order valence-corrected chi connectivity index (χ1v) is 13.2. The molecule has 0 saturated heterocycles. The highest BCUT2D eigenvalue weighted by Crippen LogP contribution is 2.36. The molecule has 4 aromatic rings. The summed E-state index contributed by atoms with van der Waals surface area (Å²) in [7, 11) is 0. The lowest BCUT2D eigenvalue weighted by molar-refractivity contribution is 0.0943. The van der Waals surface area contributed by atoms with Crippen molar-refractivity contribution in [1.29, 1.82) is 0 Å². The number of anilines is 1. The van der Waals surface area contributed by atoms with Gasteiger partial charge >= 0.3 is 0 Å². The van der Waals surface area contributed by atoms with E-state index in [9.17, 15) is 9.59 Å². The summed E-state index contributed by atoms with van der Waals surface area (Å²) in [6, 6.07) is 14.9. The molecule has 186 valence electrons. The van der Waals surface area contributed by atoms with Gasteiger partial charge in [-0.2, -0.15) is 5.10 Å². The zero-order chi connectivity index (χ0) is 25.1. The summed E-state index contributed by atoms with van der Waals surface area (Å²) in [6.07, 6.45) is 5.34. The van der Waals surface area contributed by atoms with Crippen LogP contribution >= 0.6 is 27.5 Å². The van der Waals surface area contributed by atoms with Crippen molar-refractivity contribution in [3.05, 3.63) is 75.1 Å². The number of halogens is 2. The number of rotatable bonds is 7. The molecule has 0 radical (unpaired) electrons. The second kappa shape index (κ2) is 10.8. The van der Waals surface area contributed by atoms with E-state index in [4.69, 9.17) is 16.6 Å². The number of nitrogens with zero attached hydrogens (tertiary/aromatic N) is 2. The molecule has 0 bridgehead atoms. The number of fused-ring (bicyclic) bond motifs is 1. The van der Waals surface area contributed by atoms with Crippen molar-refractivity contribution in [1.82, 2.24) is 25.5 Å². The van der Waals surface area contributed by atoms with Gasteiger partial charge in [0.1, 0.15) is 11.5 Å². The molecule has 1 fully saturated rings. The van der Waals surface area contributed by atoms with Crippen LogP contribution in [0.5, 0.6) is 0 Å². The molecule has 2 heterocycles. The van der Waals surface area contributed by atoms with Crippen LogP contribution in [0.2, 0.25) is 5.02 Å². The van der Waals surface area contributed by atoms with Crippen LogP contribution in [-0.2, 0) is 0 Å². The van der Waals surface area contributed by atoms with E-state index in [-0.39, 0.29) is 17.4 Å². The number of amides is 2. The zero-order valence-electron chi connectivity index (χ0n) is 19.5. The average Bonchev–Trinajstić information content (AvgIpc) is 3.48. The van der Waals surface area contributed by atoms with E-state index in [0.29, 0.717) is 33.4 Å². The number of aromatic amines is 2. The fraction of sp³-hybridized carbons (Fsp3) is 0.308. The quantitative estimate of drug-likeness (QED) is 0.217. The number of benzene rings is 2. The lowest BCUT2D eigenvalue weighted by atomic mass is 9.80. The van der Waals surface area contributed by atoms with Crippen molar-refractivity contribution in [3.8, 4) is 0 Å². The lowest BCUT2D eigenvalue weighted by Gasteiger charge is -2.27. The number of hydrogen-bond acceptors (Lipinski definition) is 4. The Morgan fingerprint density at radius 3 is 2.56 bits per heavy atom. The van der Waals surface area contributed by atoms with Gasteiger partial charge in [0, 0.05) is 12.5 Å². The normalized spacial score (nSPS) is 17.7. The van der Waals surface area contributed by atoms with Gasteiger partial charge in [-0.05, 0) is 78.2 Å². The summed E-state index contributed by atoms with van der Waals surface area (Å²) in [5.41, 5.74) is 2.70. The van der Waals surface area contributed by atoms with E-state index in [0.717, 1.165) is 49.0 Å². The molecule has 1 saturated carbocycles. The summed E-state index contributed by atoms with van der Waals surface area (Å²) < 4.78 is 0.395. The van der Waals surface area contributed by atoms with Crippen LogP contribution in [0.25, 0.3) is 11.0 Å². The first-order chi connectivity index (χ1) is 17.5. The van der Waals surface area contributed by atoms with E-state index in [1.165, 1.54) is 0 Å². The van der Waals surface area contributed by atoms with Crippen LogP contribution in [-0.4, -0.2) is 38.5 Å². The molecule has 8 nitrogen and oxygen atoms in total. The van der Waals surface area contributed by atoms with E-state index in [1.54, 1.807) is 24.3 Å². The topological polar surface area (TPSA) is 116 Å². The third-order valence-corrected chi connectivity index (χ3v) is 7.87. The Morgan fingerprint density at radius 1 is 1.03 bits per heavy atom. The Kier molecular flexibility index (Phi) is 7.38. The maximum absolute atomic E-state index is 12.7. The summed E-state index contributed by atoms with van der Waals surface area (Å²) in [4.78, 5) is 33.4. The predicted octanol–water partition coefficient (Wildman–Crippen LogP) is 6.05. The predicted molar refractivity (Wildman–Crippen MR) is 143 cm³/mol. The van der Waals surface area contributed by atoms with Crippen molar-refractivity contribution in [2.75, 3.05) is 11.9 Å². The Hall–Kier alpha value is -3.17. The van der Waals surface area contributed by atoms with Gasteiger partial charge in [-0.25, -0.2) is 4.98 Å². The molecule has 10 heteroatoms. The van der Waals surface area contributed by atoms with Gasteiger partial charge in [0.25, 0.3) is 11.8 Å². The molecule has 0 atom stereocenters. The minimum Gasteiger partial charge on any atom is -0.351 e. The maximum atomic E-state index is 12.7. The molecule has 0 spiro atoms. The molecule has 1 aliphatic rings. The summed E-state index contributed by atoms with van der Waals surface area (Å²) in [6.45, 7) is 0.575. The highest BCUT2D eigenvalue weighted by atomic mass is 79.9. The monoisotopic (exact) mass is 568 g/mol. The first-order valence-electron chi connectivity index (χ1n) is 12.0. The van der Waals surface area contributed by atoms with Gasteiger partial charge in [-0.3, -0.25) is 14.7 Å². The molecule has 5 rings (SSSR count). The van der Waals surface area contributed by atoms with Crippen LogP contribution in [0.4, 0.5) is 5.82 Å². The Balaban J connectivity index is 1.09. The summed E-state index contributed by atoms with van der Waals surface area (Å²) in [5.74, 6) is 1.67. The van der Waals surface area contributed by atoms with Crippen LogP contribution in [0, 0.1) is 5.92 Å². The number of H-pyrrole nitrogens is 2. The molecule has 2 amide bonds. The third kappa shape index (κ3) is 5.32. The van der Waals surface area contributed by atoms with Crippen LogP contribution in [0.1, 0.15) is 64.7 Å². The molecule has 2 aromatic heterocycles. The van der Waals surface area contributed by atoms with Crippen molar-refractivity contribution >= 4 is 56.2 Å². The first kappa shape index (κ1) is 24.5. The van der Waals surface area contributed by atoms with E-state index in [2.05, 4.69) is 47.8 Å². The van der Waals surface area contributed by atoms with Crippen molar-refractivity contribution in [2.45, 2.75) is 38.0 Å². The van der Waals surface area contributed by atoms with Gasteiger partial charge in [-0.15, -0.1) is 0 Å². The number of para-hydroxylation sites is 2. The molecular formula is C26H26BrClN6O2. The van der Waals surface area contributed by atoms with Gasteiger partial charge < -0.3 is 15.6 Å².